The summed E-state index contributed by atoms with van der Waals surface area (Å²) in [7, 11) is -4.57. The molecule has 0 aliphatic carbocycles. The minimum atomic E-state index is -4.82. The van der Waals surface area contributed by atoms with Gasteiger partial charge in [-0.2, -0.15) is 13.2 Å². The van der Waals surface area contributed by atoms with Crippen LogP contribution in [0.5, 0.6) is 0 Å². The van der Waals surface area contributed by atoms with Gasteiger partial charge in [0, 0.05) is 12.6 Å². The molecule has 0 aromatic heterocycles. The molecule has 0 heterocycles. The molecule has 1 atom stereocenters. The molecule has 6 nitrogen and oxygen atoms in total. The van der Waals surface area contributed by atoms with Crippen molar-refractivity contribution in [1.29, 1.82) is 0 Å². The molecule has 0 aliphatic heterocycles. The van der Waals surface area contributed by atoms with Gasteiger partial charge in [-0.15, -0.1) is 0 Å². The van der Waals surface area contributed by atoms with E-state index in [-0.39, 0.29) is 25.1 Å². The third-order valence-corrected chi connectivity index (χ3v) is 4.86. The fourth-order valence-corrected chi connectivity index (χ4v) is 3.46. The predicted octanol–water partition coefficient (Wildman–Crippen LogP) is 3.28. The minimum Gasteiger partial charge on any atom is -0.450 e. The quantitative estimate of drug-likeness (QED) is 0.640. The van der Waals surface area contributed by atoms with Crippen LogP contribution >= 0.6 is 0 Å². The van der Waals surface area contributed by atoms with Crippen molar-refractivity contribution in [3.8, 4) is 0 Å². The van der Waals surface area contributed by atoms with Gasteiger partial charge in [0.15, 0.2) is 0 Å². The lowest BCUT2D eigenvalue weighted by Gasteiger charge is -2.21. The summed E-state index contributed by atoms with van der Waals surface area (Å²) in [5.74, 6) is -1.24. The molecule has 0 saturated carbocycles. The van der Waals surface area contributed by atoms with Crippen LogP contribution in [0.3, 0.4) is 0 Å². The van der Waals surface area contributed by atoms with Crippen molar-refractivity contribution >= 4 is 16.1 Å². The molecule has 1 aromatic carbocycles. The van der Waals surface area contributed by atoms with E-state index >= 15 is 0 Å². The van der Waals surface area contributed by atoms with Gasteiger partial charge in [-0.25, -0.2) is 22.3 Å². The van der Waals surface area contributed by atoms with E-state index in [2.05, 4.69) is 5.32 Å². The maximum Gasteiger partial charge on any atom is 0.416 e. The third-order valence-electron chi connectivity index (χ3n) is 3.42. The Morgan fingerprint density at radius 2 is 1.89 bits per heavy atom. The second-order valence-electron chi connectivity index (χ2n) is 6.19. The van der Waals surface area contributed by atoms with Crippen LogP contribution in [-0.4, -0.2) is 33.7 Å². The van der Waals surface area contributed by atoms with Gasteiger partial charge in [0.25, 0.3) is 0 Å². The molecule has 1 rings (SSSR count). The highest BCUT2D eigenvalue weighted by Gasteiger charge is 2.33. The number of carbonyl (C=O) groups excluding carboxylic acids is 1. The van der Waals surface area contributed by atoms with Crippen LogP contribution in [0.4, 0.5) is 22.4 Å². The Labute approximate surface area is 155 Å². The lowest BCUT2D eigenvalue weighted by molar-refractivity contribution is -0.137. The van der Waals surface area contributed by atoms with Crippen molar-refractivity contribution in [2.24, 2.45) is 5.92 Å². The number of alkyl carbamates (subject to hydrolysis) is 1. The maximum atomic E-state index is 13.8. The first kappa shape index (κ1) is 23.2. The number of sulfonamides is 1. The van der Waals surface area contributed by atoms with Gasteiger partial charge in [-0.3, -0.25) is 0 Å². The van der Waals surface area contributed by atoms with Gasteiger partial charge in [0.2, 0.25) is 10.0 Å². The van der Waals surface area contributed by atoms with Gasteiger partial charge in [-0.05, 0) is 37.5 Å². The summed E-state index contributed by atoms with van der Waals surface area (Å²) in [5.41, 5.74) is -1.28. The Kier molecular flexibility index (Phi) is 8.03. The fourth-order valence-electron chi connectivity index (χ4n) is 2.28. The number of nitrogens with one attached hydrogen (secondary N) is 2. The normalized spacial score (nSPS) is 13.5. The number of benzene rings is 1. The first-order valence-electron chi connectivity index (χ1n) is 8.16. The predicted molar refractivity (Wildman–Crippen MR) is 90.0 cm³/mol. The second kappa shape index (κ2) is 9.36. The van der Waals surface area contributed by atoms with Gasteiger partial charge < -0.3 is 10.1 Å². The van der Waals surface area contributed by atoms with Crippen LogP contribution in [0.2, 0.25) is 0 Å². The SMILES string of the molecule is CCOC(=O)NC(CNS(=O)(=O)c1cc(C(F)(F)F)ccc1F)CC(C)C. The second-order valence-corrected chi connectivity index (χ2v) is 7.92. The van der Waals surface area contributed by atoms with Crippen molar-refractivity contribution in [1.82, 2.24) is 10.0 Å². The number of carbonyl (C=O) groups is 1. The van der Waals surface area contributed by atoms with E-state index in [4.69, 9.17) is 4.74 Å². The van der Waals surface area contributed by atoms with Gasteiger partial charge in [0.1, 0.15) is 10.7 Å². The molecule has 0 aliphatic rings. The third kappa shape index (κ3) is 7.33. The first-order valence-corrected chi connectivity index (χ1v) is 9.64. The molecular weight excluding hydrogens is 392 g/mol. The van der Waals surface area contributed by atoms with Crippen LogP contribution in [-0.2, 0) is 20.9 Å². The van der Waals surface area contributed by atoms with E-state index in [1.54, 1.807) is 6.92 Å². The molecule has 0 fully saturated rings. The number of halogens is 4. The standard InChI is InChI=1S/C16H22F4N2O4S/c1-4-26-15(23)22-12(7-10(2)3)9-21-27(24,25)14-8-11(16(18,19)20)5-6-13(14)17/h5-6,8,10,12,21H,4,7,9H2,1-3H3,(H,22,23). The number of hydrogen-bond donors (Lipinski definition) is 2. The highest BCUT2D eigenvalue weighted by molar-refractivity contribution is 7.89. The van der Waals surface area contributed by atoms with E-state index in [1.807, 2.05) is 18.6 Å². The fraction of sp³-hybridized carbons (Fsp3) is 0.562. The van der Waals surface area contributed by atoms with E-state index in [1.165, 1.54) is 0 Å². The molecule has 1 aromatic rings. The van der Waals surface area contributed by atoms with Gasteiger partial charge in [0.05, 0.1) is 12.2 Å². The highest BCUT2D eigenvalue weighted by Crippen LogP contribution is 2.31. The Morgan fingerprint density at radius 1 is 1.26 bits per heavy atom. The molecule has 0 saturated heterocycles. The largest absolute Gasteiger partial charge is 0.450 e. The Morgan fingerprint density at radius 3 is 2.41 bits per heavy atom. The summed E-state index contributed by atoms with van der Waals surface area (Å²) < 4.78 is 83.4. The van der Waals surface area contributed by atoms with Crippen molar-refractivity contribution in [3.05, 3.63) is 29.6 Å². The number of rotatable bonds is 8. The molecule has 0 spiro atoms. The molecule has 0 bridgehead atoms. The number of amides is 1. The van der Waals surface area contributed by atoms with Gasteiger partial charge in [-0.1, -0.05) is 13.8 Å². The van der Waals surface area contributed by atoms with E-state index < -0.39 is 44.6 Å². The summed E-state index contributed by atoms with van der Waals surface area (Å²) in [6.07, 6.45) is -5.21. The van der Waals surface area contributed by atoms with Crippen LogP contribution in [0.25, 0.3) is 0 Å². The Balaban J connectivity index is 2.99. The summed E-state index contributed by atoms with van der Waals surface area (Å²) in [5, 5.41) is 2.46. The van der Waals surface area contributed by atoms with Crippen molar-refractivity contribution in [2.45, 2.75) is 44.3 Å². The molecular formula is C16H22F4N2O4S. The number of ether oxygens (including phenoxy) is 1. The molecule has 0 radical (unpaired) electrons. The van der Waals surface area contributed by atoms with Crippen LogP contribution in [0.15, 0.2) is 23.1 Å². The minimum absolute atomic E-state index is 0.0757. The number of hydrogen-bond acceptors (Lipinski definition) is 4. The van der Waals surface area contributed by atoms with Crippen molar-refractivity contribution in [2.75, 3.05) is 13.2 Å². The summed E-state index contributed by atoms with van der Waals surface area (Å²) >= 11 is 0. The van der Waals surface area contributed by atoms with Crippen LogP contribution < -0.4 is 10.0 Å². The Hall–Kier alpha value is -1.88. The first-order chi connectivity index (χ1) is 12.4. The lowest BCUT2D eigenvalue weighted by atomic mass is 10.0. The van der Waals surface area contributed by atoms with Crippen LogP contribution in [0, 0.1) is 11.7 Å². The summed E-state index contributed by atoms with van der Waals surface area (Å²) in [4.78, 5) is 10.4. The number of alkyl halides is 3. The lowest BCUT2D eigenvalue weighted by Crippen LogP contribution is -2.44. The molecule has 2 N–H and O–H groups in total. The summed E-state index contributed by atoms with van der Waals surface area (Å²) in [6, 6.07) is 0.444. The zero-order chi connectivity index (χ0) is 20.8. The molecule has 11 heteroatoms. The average Bonchev–Trinajstić information content (AvgIpc) is 2.51. The average molecular weight is 414 g/mol. The van der Waals surface area contributed by atoms with E-state index in [0.29, 0.717) is 18.6 Å². The molecule has 27 heavy (non-hydrogen) atoms. The molecule has 154 valence electrons. The zero-order valence-electron chi connectivity index (χ0n) is 15.1. The van der Waals surface area contributed by atoms with E-state index in [9.17, 15) is 30.8 Å². The monoisotopic (exact) mass is 414 g/mol. The smallest absolute Gasteiger partial charge is 0.416 e. The van der Waals surface area contributed by atoms with Crippen molar-refractivity contribution < 1.29 is 35.5 Å². The molecule has 1 amide bonds. The summed E-state index contributed by atoms with van der Waals surface area (Å²) in [6.45, 7) is 5.04. The molecule has 1 unspecified atom stereocenters. The van der Waals surface area contributed by atoms with Crippen molar-refractivity contribution in [3.63, 3.8) is 0 Å². The highest BCUT2D eigenvalue weighted by atomic mass is 32.2. The maximum absolute atomic E-state index is 13.8. The zero-order valence-corrected chi connectivity index (χ0v) is 15.9. The topological polar surface area (TPSA) is 84.5 Å². The van der Waals surface area contributed by atoms with Gasteiger partial charge >= 0.3 is 12.3 Å². The van der Waals surface area contributed by atoms with Crippen LogP contribution in [0.1, 0.15) is 32.8 Å². The Bertz CT molecular complexity index is 751. The van der Waals surface area contributed by atoms with E-state index in [0.717, 1.165) is 0 Å².